The first-order chi connectivity index (χ1) is 12.4. The molecule has 1 spiro atoms. The number of benzene rings is 1. The topological polar surface area (TPSA) is 59.0 Å². The Bertz CT molecular complexity index is 863. The van der Waals surface area contributed by atoms with Gasteiger partial charge in [-0.15, -0.1) is 0 Å². The van der Waals surface area contributed by atoms with Gasteiger partial charge >= 0.3 is 0 Å². The monoisotopic (exact) mass is 396 g/mol. The van der Waals surface area contributed by atoms with Crippen LogP contribution in [0.15, 0.2) is 16.5 Å². The summed E-state index contributed by atoms with van der Waals surface area (Å²) in [6.45, 7) is 1.38. The highest BCUT2D eigenvalue weighted by atomic mass is 35.5. The van der Waals surface area contributed by atoms with Crippen LogP contribution in [0.1, 0.15) is 36.8 Å². The van der Waals surface area contributed by atoms with Crippen molar-refractivity contribution in [2.24, 2.45) is 4.36 Å². The molecule has 3 heterocycles. The molecule has 0 saturated carbocycles. The van der Waals surface area contributed by atoms with E-state index in [-0.39, 0.29) is 17.9 Å². The number of hydrogen-bond acceptors (Lipinski definition) is 4. The predicted molar refractivity (Wildman–Crippen MR) is 103 cm³/mol. The van der Waals surface area contributed by atoms with Crippen molar-refractivity contribution >= 4 is 27.2 Å². The number of ether oxygens (including phenoxy) is 1. The lowest BCUT2D eigenvalue weighted by Gasteiger charge is -2.42. The largest absolute Gasteiger partial charge is 0.493 e. The van der Waals surface area contributed by atoms with Crippen molar-refractivity contribution in [1.29, 1.82) is 0 Å². The van der Waals surface area contributed by atoms with Gasteiger partial charge in [-0.2, -0.15) is 0 Å². The zero-order valence-electron chi connectivity index (χ0n) is 15.1. The van der Waals surface area contributed by atoms with Gasteiger partial charge in [0.05, 0.1) is 24.3 Å². The Kier molecular flexibility index (Phi) is 4.68. The molecule has 26 heavy (non-hydrogen) atoms. The van der Waals surface area contributed by atoms with E-state index in [0.29, 0.717) is 23.1 Å². The van der Waals surface area contributed by atoms with E-state index in [9.17, 15) is 9.00 Å². The highest BCUT2D eigenvalue weighted by Gasteiger charge is 2.47. The molecule has 7 heteroatoms. The van der Waals surface area contributed by atoms with Gasteiger partial charge in [0.1, 0.15) is 5.75 Å². The second-order valence-electron chi connectivity index (χ2n) is 7.61. The summed E-state index contributed by atoms with van der Waals surface area (Å²) in [5.74, 6) is 2.09. The van der Waals surface area contributed by atoms with Crippen LogP contribution in [0.5, 0.6) is 5.75 Å². The molecule has 1 amide bonds. The molecule has 0 bridgehead atoms. The summed E-state index contributed by atoms with van der Waals surface area (Å²) in [7, 11) is -0.542. The van der Waals surface area contributed by atoms with Crippen LogP contribution in [0.4, 0.5) is 0 Å². The molecule has 2 atom stereocenters. The zero-order valence-corrected chi connectivity index (χ0v) is 16.7. The minimum atomic E-state index is -2.19. The average molecular weight is 397 g/mol. The molecule has 0 N–H and O–H groups in total. The number of halogens is 1. The molecule has 1 aromatic rings. The third-order valence-electron chi connectivity index (χ3n) is 6.00. The summed E-state index contributed by atoms with van der Waals surface area (Å²) in [6, 6.07) is 3.77. The van der Waals surface area contributed by atoms with Crippen molar-refractivity contribution < 1.29 is 13.7 Å². The Morgan fingerprint density at radius 2 is 2.19 bits per heavy atom. The first-order valence-electron chi connectivity index (χ1n) is 9.30. The molecule has 5 nitrogen and oxygen atoms in total. The molecule has 3 aliphatic rings. The molecule has 0 radical (unpaired) electrons. The summed E-state index contributed by atoms with van der Waals surface area (Å²) in [5.41, 5.74) is 1.67. The van der Waals surface area contributed by atoms with Crippen molar-refractivity contribution in [3.8, 4) is 5.75 Å². The third-order valence-corrected chi connectivity index (χ3v) is 8.80. The summed E-state index contributed by atoms with van der Waals surface area (Å²) in [6.07, 6.45) is 4.81. The Hall–Kier alpha value is -1.27. The minimum Gasteiger partial charge on any atom is -0.493 e. The molecule has 4 rings (SSSR count). The second-order valence-corrected chi connectivity index (χ2v) is 10.7. The number of carbonyl (C=O) groups is 1. The first-order valence-corrected chi connectivity index (χ1v) is 11.5. The van der Waals surface area contributed by atoms with E-state index >= 15 is 0 Å². The molecule has 0 aromatic heterocycles. The van der Waals surface area contributed by atoms with Crippen LogP contribution in [0.3, 0.4) is 0 Å². The lowest BCUT2D eigenvalue weighted by Crippen LogP contribution is -2.54. The van der Waals surface area contributed by atoms with E-state index in [2.05, 4.69) is 4.36 Å². The van der Waals surface area contributed by atoms with Gasteiger partial charge in [-0.3, -0.25) is 4.79 Å². The van der Waals surface area contributed by atoms with Crippen molar-refractivity contribution in [1.82, 2.24) is 4.90 Å². The van der Waals surface area contributed by atoms with Crippen LogP contribution >= 0.6 is 11.6 Å². The highest BCUT2D eigenvalue weighted by Crippen LogP contribution is 2.40. The quantitative estimate of drug-likeness (QED) is 0.771. The molecule has 2 unspecified atom stereocenters. The van der Waals surface area contributed by atoms with Crippen LogP contribution in [0.2, 0.25) is 5.02 Å². The predicted octanol–water partition coefficient (Wildman–Crippen LogP) is 3.07. The van der Waals surface area contributed by atoms with Gasteiger partial charge in [-0.05, 0) is 43.4 Å². The van der Waals surface area contributed by atoms with Crippen LogP contribution in [-0.2, 0) is 27.4 Å². The maximum absolute atomic E-state index is 13.2. The molecular weight excluding hydrogens is 372 g/mol. The number of likely N-dealkylation sites (tertiary alicyclic amines) is 1. The molecular formula is C19H25ClN2O3S. The number of fused-ring (bicyclic) bond motifs is 1. The number of hydrogen-bond donors (Lipinski definition) is 0. The fourth-order valence-corrected chi connectivity index (χ4v) is 7.42. The van der Waals surface area contributed by atoms with Crippen LogP contribution in [0, 0.1) is 0 Å². The van der Waals surface area contributed by atoms with Crippen molar-refractivity contribution in [3.05, 3.63) is 28.3 Å². The summed E-state index contributed by atoms with van der Waals surface area (Å²) < 4.78 is 22.9. The summed E-state index contributed by atoms with van der Waals surface area (Å²) in [5, 5.41) is 0.652. The van der Waals surface area contributed by atoms with Gasteiger partial charge in [0.25, 0.3) is 0 Å². The number of carbonyl (C=O) groups excluding carboxylic acids is 1. The van der Waals surface area contributed by atoms with E-state index in [0.717, 1.165) is 55.5 Å². The zero-order chi connectivity index (χ0) is 18.4. The molecule has 0 aliphatic carbocycles. The van der Waals surface area contributed by atoms with Gasteiger partial charge in [-0.1, -0.05) is 11.6 Å². The van der Waals surface area contributed by atoms with Gasteiger partial charge in [0, 0.05) is 46.1 Å². The number of amides is 1. The smallest absolute Gasteiger partial charge is 0.227 e. The first kappa shape index (κ1) is 18.1. The van der Waals surface area contributed by atoms with E-state index in [4.69, 9.17) is 16.3 Å². The number of rotatable bonds is 2. The average Bonchev–Trinajstić information content (AvgIpc) is 3.22. The maximum Gasteiger partial charge on any atom is 0.227 e. The van der Waals surface area contributed by atoms with Gasteiger partial charge < -0.3 is 9.64 Å². The minimum absolute atomic E-state index is 0.0854. The van der Waals surface area contributed by atoms with Gasteiger partial charge in [0.2, 0.25) is 5.91 Å². The molecule has 142 valence electrons. The van der Waals surface area contributed by atoms with Crippen molar-refractivity contribution in [3.63, 3.8) is 0 Å². The SMILES string of the molecule is CN=S1(=O)CCCC2(CCCN2C(=O)Cc2cc(Cl)cc3c2OCC3)C1. The van der Waals surface area contributed by atoms with E-state index < -0.39 is 9.73 Å². The van der Waals surface area contributed by atoms with Crippen molar-refractivity contribution in [2.75, 3.05) is 31.7 Å². The second kappa shape index (κ2) is 6.71. The molecule has 3 aliphatic heterocycles. The van der Waals surface area contributed by atoms with Crippen molar-refractivity contribution in [2.45, 2.75) is 44.1 Å². The Morgan fingerprint density at radius 3 is 3.00 bits per heavy atom. The fourth-order valence-electron chi connectivity index (χ4n) is 4.82. The standard InChI is InChI=1S/C19H25ClN2O3S/c1-21-26(24)9-3-6-19(13-26)5-2-7-22(19)17(23)12-15-11-16(20)10-14-4-8-25-18(14)15/h10-11H,2-9,12-13H2,1H3. The van der Waals surface area contributed by atoms with E-state index in [1.165, 1.54) is 0 Å². The third kappa shape index (κ3) is 3.11. The molecule has 1 aromatic carbocycles. The Morgan fingerprint density at radius 1 is 1.38 bits per heavy atom. The molecule has 2 saturated heterocycles. The maximum atomic E-state index is 13.2. The normalized spacial score (nSPS) is 30.3. The number of nitrogens with zero attached hydrogens (tertiary/aromatic N) is 2. The Labute approximate surface area is 160 Å². The highest BCUT2D eigenvalue weighted by molar-refractivity contribution is 7.93. The van der Waals surface area contributed by atoms with Gasteiger partial charge in [0.15, 0.2) is 0 Å². The van der Waals surface area contributed by atoms with Crippen LogP contribution in [-0.4, -0.2) is 52.3 Å². The van der Waals surface area contributed by atoms with Crippen LogP contribution in [0.25, 0.3) is 0 Å². The lowest BCUT2D eigenvalue weighted by molar-refractivity contribution is -0.134. The van der Waals surface area contributed by atoms with E-state index in [1.807, 2.05) is 17.0 Å². The lowest BCUT2D eigenvalue weighted by atomic mass is 9.91. The summed E-state index contributed by atoms with van der Waals surface area (Å²) >= 11 is 6.24. The van der Waals surface area contributed by atoms with Crippen LogP contribution < -0.4 is 4.74 Å². The summed E-state index contributed by atoms with van der Waals surface area (Å²) in [4.78, 5) is 15.2. The van der Waals surface area contributed by atoms with Gasteiger partial charge in [-0.25, -0.2) is 8.57 Å². The molecule has 2 fully saturated rings. The van der Waals surface area contributed by atoms with E-state index in [1.54, 1.807) is 7.05 Å². The Balaban J connectivity index is 1.60. The fraction of sp³-hybridized carbons (Fsp3) is 0.632.